The van der Waals surface area contributed by atoms with Crippen LogP contribution in [0.25, 0.3) is 0 Å². The molecule has 0 aliphatic carbocycles. The zero-order valence-corrected chi connectivity index (χ0v) is 16.2. The molecule has 3 N–H and O–H groups in total. The van der Waals surface area contributed by atoms with Crippen molar-refractivity contribution >= 4 is 15.9 Å². The molecule has 1 heterocycles. The van der Waals surface area contributed by atoms with E-state index >= 15 is 0 Å². The molecule has 2 unspecified atom stereocenters. The van der Waals surface area contributed by atoms with Crippen molar-refractivity contribution in [2.75, 3.05) is 13.2 Å². The van der Waals surface area contributed by atoms with Crippen LogP contribution in [0.4, 0.5) is 0 Å². The number of nitrogens with two attached hydrogens (primary N) is 1. The van der Waals surface area contributed by atoms with E-state index in [9.17, 15) is 13.2 Å². The molecule has 0 radical (unpaired) electrons. The summed E-state index contributed by atoms with van der Waals surface area (Å²) in [6.45, 7) is 9.30. The average Bonchev–Trinajstić information content (AvgIpc) is 2.51. The lowest BCUT2D eigenvalue weighted by atomic mass is 9.78. The van der Waals surface area contributed by atoms with Crippen LogP contribution in [0.1, 0.15) is 49.5 Å². The summed E-state index contributed by atoms with van der Waals surface area (Å²) < 4.78 is 29.2. The van der Waals surface area contributed by atoms with E-state index in [4.69, 9.17) is 9.88 Å². The summed E-state index contributed by atoms with van der Waals surface area (Å²) in [5.74, 6) is -0.0657. The van der Waals surface area contributed by atoms with Gasteiger partial charge in [-0.05, 0) is 42.9 Å². The number of aryl methyl sites for hydroxylation is 1. The lowest BCUT2D eigenvalue weighted by Crippen LogP contribution is -2.45. The third-order valence-corrected chi connectivity index (χ3v) is 5.63. The fourth-order valence-corrected chi connectivity index (χ4v) is 4.19. The Labute approximate surface area is 150 Å². The number of carbonyl (C=O) groups excluding carboxylic acids is 1. The number of benzene rings is 1. The molecule has 7 heteroatoms. The van der Waals surface area contributed by atoms with E-state index in [1.165, 1.54) is 6.07 Å². The van der Waals surface area contributed by atoms with Crippen molar-refractivity contribution in [2.24, 2.45) is 16.5 Å². The molecule has 0 bridgehead atoms. The van der Waals surface area contributed by atoms with Gasteiger partial charge in [0.05, 0.1) is 11.0 Å². The minimum Gasteiger partial charge on any atom is -0.377 e. The number of rotatable bonds is 4. The SMILES string of the molecule is Cc1ccc(C(=O)NCC2CCCOC2C(C)(C)C)cc1S(N)(=O)=O. The second-order valence-corrected chi connectivity index (χ2v) is 9.32. The highest BCUT2D eigenvalue weighted by Crippen LogP contribution is 2.33. The highest BCUT2D eigenvalue weighted by Gasteiger charge is 2.35. The number of hydrogen-bond donors (Lipinski definition) is 2. The zero-order chi connectivity index (χ0) is 18.8. The van der Waals surface area contributed by atoms with Crippen LogP contribution >= 0.6 is 0 Å². The Hall–Kier alpha value is -1.44. The second kappa shape index (κ2) is 7.43. The van der Waals surface area contributed by atoms with Crippen molar-refractivity contribution in [3.05, 3.63) is 29.3 Å². The number of hydrogen-bond acceptors (Lipinski definition) is 4. The summed E-state index contributed by atoms with van der Waals surface area (Å²) in [5, 5.41) is 8.12. The molecule has 1 fully saturated rings. The first-order valence-electron chi connectivity index (χ1n) is 8.53. The van der Waals surface area contributed by atoms with Crippen molar-refractivity contribution in [1.29, 1.82) is 0 Å². The van der Waals surface area contributed by atoms with Crippen molar-refractivity contribution in [3.63, 3.8) is 0 Å². The summed E-state index contributed by atoms with van der Waals surface area (Å²) in [7, 11) is -3.85. The smallest absolute Gasteiger partial charge is 0.251 e. The van der Waals surface area contributed by atoms with Crippen LogP contribution in [0, 0.1) is 18.3 Å². The first kappa shape index (κ1) is 19.9. The number of nitrogens with one attached hydrogen (secondary N) is 1. The molecule has 1 aliphatic heterocycles. The monoisotopic (exact) mass is 368 g/mol. The molecule has 1 aliphatic rings. The molecule has 1 aromatic carbocycles. The first-order valence-corrected chi connectivity index (χ1v) is 10.1. The van der Waals surface area contributed by atoms with E-state index in [0.29, 0.717) is 17.7 Å². The molecule has 6 nitrogen and oxygen atoms in total. The lowest BCUT2D eigenvalue weighted by molar-refractivity contribution is -0.0839. The maximum Gasteiger partial charge on any atom is 0.251 e. The third-order valence-electron chi connectivity index (χ3n) is 4.58. The molecular weight excluding hydrogens is 340 g/mol. The molecule has 1 aromatic rings. The molecule has 25 heavy (non-hydrogen) atoms. The van der Waals surface area contributed by atoms with Crippen LogP contribution in [0.3, 0.4) is 0 Å². The summed E-state index contributed by atoms with van der Waals surface area (Å²) in [4.78, 5) is 12.4. The molecule has 140 valence electrons. The van der Waals surface area contributed by atoms with E-state index in [1.54, 1.807) is 19.1 Å². The Morgan fingerprint density at radius 3 is 2.64 bits per heavy atom. The summed E-state index contributed by atoms with van der Waals surface area (Å²) in [5.41, 5.74) is 0.812. The summed E-state index contributed by atoms with van der Waals surface area (Å²) in [6.07, 6.45) is 2.06. The van der Waals surface area contributed by atoms with E-state index in [2.05, 4.69) is 26.1 Å². The quantitative estimate of drug-likeness (QED) is 0.851. The molecule has 0 saturated carbocycles. The van der Waals surface area contributed by atoms with Crippen LogP contribution in [0.15, 0.2) is 23.1 Å². The van der Waals surface area contributed by atoms with Crippen molar-refractivity contribution in [1.82, 2.24) is 5.32 Å². The van der Waals surface area contributed by atoms with Gasteiger partial charge in [0.25, 0.3) is 5.91 Å². The first-order chi connectivity index (χ1) is 11.5. The number of ether oxygens (including phenoxy) is 1. The Bertz CT molecular complexity index is 738. The van der Waals surface area contributed by atoms with Gasteiger partial charge in [0.1, 0.15) is 0 Å². The van der Waals surface area contributed by atoms with Crippen molar-refractivity contribution in [3.8, 4) is 0 Å². The normalized spacial score (nSPS) is 21.8. The van der Waals surface area contributed by atoms with Crippen LogP contribution in [-0.4, -0.2) is 33.6 Å². The van der Waals surface area contributed by atoms with Crippen molar-refractivity contribution < 1.29 is 17.9 Å². The number of sulfonamides is 1. The Morgan fingerprint density at radius 1 is 1.36 bits per heavy atom. The molecule has 1 saturated heterocycles. The van der Waals surface area contributed by atoms with Gasteiger partial charge in [-0.25, -0.2) is 13.6 Å². The van der Waals surface area contributed by atoms with Gasteiger partial charge in [-0.2, -0.15) is 0 Å². The van der Waals surface area contributed by atoms with Crippen LogP contribution in [0.2, 0.25) is 0 Å². The Morgan fingerprint density at radius 2 is 2.04 bits per heavy atom. The minimum absolute atomic E-state index is 0.000467. The maximum atomic E-state index is 12.4. The van der Waals surface area contributed by atoms with Gasteiger partial charge in [-0.1, -0.05) is 26.8 Å². The molecule has 0 aromatic heterocycles. The largest absolute Gasteiger partial charge is 0.377 e. The van der Waals surface area contributed by atoms with Crippen LogP contribution in [0.5, 0.6) is 0 Å². The van der Waals surface area contributed by atoms with Crippen LogP contribution < -0.4 is 10.5 Å². The average molecular weight is 368 g/mol. The zero-order valence-electron chi connectivity index (χ0n) is 15.3. The van der Waals surface area contributed by atoms with Gasteiger partial charge >= 0.3 is 0 Å². The van der Waals surface area contributed by atoms with Gasteiger partial charge in [0.2, 0.25) is 10.0 Å². The second-order valence-electron chi connectivity index (χ2n) is 7.80. The van der Waals surface area contributed by atoms with Crippen LogP contribution in [-0.2, 0) is 14.8 Å². The molecule has 2 atom stereocenters. The maximum absolute atomic E-state index is 12.4. The predicted molar refractivity (Wildman–Crippen MR) is 96.8 cm³/mol. The van der Waals surface area contributed by atoms with Gasteiger partial charge in [0.15, 0.2) is 0 Å². The highest BCUT2D eigenvalue weighted by molar-refractivity contribution is 7.89. The molecular formula is C18H28N2O4S. The molecule has 2 rings (SSSR count). The van der Waals surface area contributed by atoms with Gasteiger partial charge < -0.3 is 10.1 Å². The van der Waals surface area contributed by atoms with Gasteiger partial charge in [-0.15, -0.1) is 0 Å². The van der Waals surface area contributed by atoms with E-state index < -0.39 is 10.0 Å². The van der Waals surface area contributed by atoms with E-state index in [1.807, 2.05) is 0 Å². The minimum atomic E-state index is -3.85. The van der Waals surface area contributed by atoms with E-state index in [0.717, 1.165) is 19.4 Å². The highest BCUT2D eigenvalue weighted by atomic mass is 32.2. The molecule has 1 amide bonds. The third kappa shape index (κ3) is 5.03. The fourth-order valence-electron chi connectivity index (χ4n) is 3.38. The Kier molecular flexibility index (Phi) is 5.91. The number of amides is 1. The van der Waals surface area contributed by atoms with Crippen molar-refractivity contribution in [2.45, 2.75) is 51.5 Å². The number of carbonyl (C=O) groups is 1. The number of primary sulfonamides is 1. The predicted octanol–water partition coefficient (Wildman–Crippen LogP) is 2.21. The molecule has 0 spiro atoms. The topological polar surface area (TPSA) is 98.5 Å². The summed E-state index contributed by atoms with van der Waals surface area (Å²) in [6, 6.07) is 4.53. The van der Waals surface area contributed by atoms with Gasteiger partial charge in [0, 0.05) is 24.6 Å². The fraction of sp³-hybridized carbons (Fsp3) is 0.611. The summed E-state index contributed by atoms with van der Waals surface area (Å²) >= 11 is 0. The standard InChI is InChI=1S/C18H28N2O4S/c1-12-7-8-13(10-15(12)25(19,22)23)17(21)20-11-14-6-5-9-24-16(14)18(2,3)4/h7-8,10,14,16H,5-6,9,11H2,1-4H3,(H,20,21)(H2,19,22,23). The van der Waals surface area contributed by atoms with E-state index in [-0.39, 0.29) is 28.2 Å². The van der Waals surface area contributed by atoms with Gasteiger partial charge in [-0.3, -0.25) is 4.79 Å². The lowest BCUT2D eigenvalue weighted by Gasteiger charge is -2.40. The Balaban J connectivity index is 2.10.